The molecule has 1 aliphatic heterocycles. The maximum Gasteiger partial charge on any atom is 0.238 e. The smallest absolute Gasteiger partial charge is 0.238 e. The van der Waals surface area contributed by atoms with E-state index in [1.807, 2.05) is 0 Å². The van der Waals surface area contributed by atoms with Crippen molar-refractivity contribution in [1.82, 2.24) is 4.90 Å². The van der Waals surface area contributed by atoms with E-state index in [0.29, 0.717) is 35.0 Å². The quantitative estimate of drug-likeness (QED) is 0.842. The van der Waals surface area contributed by atoms with Crippen molar-refractivity contribution in [2.24, 2.45) is 0 Å². The van der Waals surface area contributed by atoms with Crippen molar-refractivity contribution in [2.75, 3.05) is 17.6 Å². The van der Waals surface area contributed by atoms with Crippen LogP contribution in [0.2, 0.25) is 5.02 Å². The molecule has 0 aromatic heterocycles. The number of nitrogen functional groups attached to an aromatic ring is 1. The van der Waals surface area contributed by atoms with Crippen molar-refractivity contribution < 1.29 is 4.79 Å². The van der Waals surface area contributed by atoms with Gasteiger partial charge in [-0.2, -0.15) is 0 Å². The van der Waals surface area contributed by atoms with E-state index in [2.05, 4.69) is 24.1 Å². The van der Waals surface area contributed by atoms with Crippen molar-refractivity contribution >= 4 is 28.9 Å². The molecular weight excluding hydrogens is 274 g/mol. The fourth-order valence-electron chi connectivity index (χ4n) is 2.77. The highest BCUT2D eigenvalue weighted by Crippen LogP contribution is 2.24. The van der Waals surface area contributed by atoms with Gasteiger partial charge in [-0.25, -0.2) is 0 Å². The number of nitrogens with one attached hydrogen (secondary N) is 1. The lowest BCUT2D eigenvalue weighted by molar-refractivity contribution is -0.118. The standard InChI is InChI=1S/C15H22ClN3O/c1-10-4-3-5-11(2)19(10)9-15(20)18-12-6-7-13(16)14(17)8-12/h6-8,10-11H,3-5,9,17H2,1-2H3,(H,18,20)/t10-,11+. The Morgan fingerprint density at radius 1 is 1.40 bits per heavy atom. The number of hydrogen-bond acceptors (Lipinski definition) is 3. The Balaban J connectivity index is 1.96. The van der Waals surface area contributed by atoms with E-state index >= 15 is 0 Å². The Morgan fingerprint density at radius 3 is 2.65 bits per heavy atom. The third kappa shape index (κ3) is 3.64. The highest BCUT2D eigenvalue weighted by molar-refractivity contribution is 6.33. The predicted molar refractivity (Wildman–Crippen MR) is 84.0 cm³/mol. The van der Waals surface area contributed by atoms with Crippen LogP contribution in [-0.2, 0) is 4.79 Å². The number of benzene rings is 1. The SMILES string of the molecule is C[C@@H]1CCC[C@H](C)N1CC(=O)Nc1ccc(Cl)c(N)c1. The minimum Gasteiger partial charge on any atom is -0.397 e. The van der Waals surface area contributed by atoms with Gasteiger partial charge in [0.05, 0.1) is 17.3 Å². The van der Waals surface area contributed by atoms with Crippen LogP contribution in [0.1, 0.15) is 33.1 Å². The number of nitrogens with two attached hydrogens (primary N) is 1. The van der Waals surface area contributed by atoms with Crippen LogP contribution in [-0.4, -0.2) is 29.4 Å². The van der Waals surface area contributed by atoms with E-state index in [9.17, 15) is 4.79 Å². The number of rotatable bonds is 3. The van der Waals surface area contributed by atoms with Gasteiger partial charge in [-0.05, 0) is 44.9 Å². The van der Waals surface area contributed by atoms with E-state index in [1.165, 1.54) is 6.42 Å². The minimum atomic E-state index is -0.00711. The van der Waals surface area contributed by atoms with Gasteiger partial charge in [0, 0.05) is 17.8 Å². The molecule has 110 valence electrons. The van der Waals surface area contributed by atoms with E-state index < -0.39 is 0 Å². The molecule has 1 aromatic carbocycles. The van der Waals surface area contributed by atoms with Gasteiger partial charge < -0.3 is 11.1 Å². The molecular formula is C15H22ClN3O. The third-order valence-corrected chi connectivity index (χ3v) is 4.33. The number of amides is 1. The number of piperidine rings is 1. The average Bonchev–Trinajstić information content (AvgIpc) is 2.38. The van der Waals surface area contributed by atoms with Gasteiger partial charge in [-0.3, -0.25) is 9.69 Å². The number of halogens is 1. The van der Waals surface area contributed by atoms with Gasteiger partial charge in [0.2, 0.25) is 5.91 Å². The van der Waals surface area contributed by atoms with E-state index in [1.54, 1.807) is 18.2 Å². The summed E-state index contributed by atoms with van der Waals surface area (Å²) in [4.78, 5) is 14.4. The summed E-state index contributed by atoms with van der Waals surface area (Å²) in [7, 11) is 0. The highest BCUT2D eigenvalue weighted by Gasteiger charge is 2.26. The topological polar surface area (TPSA) is 58.4 Å². The Labute approximate surface area is 125 Å². The normalized spacial score (nSPS) is 23.6. The molecule has 1 aliphatic rings. The molecule has 1 fully saturated rings. The molecule has 1 amide bonds. The van der Waals surface area contributed by atoms with Gasteiger partial charge in [0.25, 0.3) is 0 Å². The number of hydrogen-bond donors (Lipinski definition) is 2. The second kappa shape index (κ2) is 6.46. The van der Waals surface area contributed by atoms with Crippen LogP contribution in [0.5, 0.6) is 0 Å². The summed E-state index contributed by atoms with van der Waals surface area (Å²) in [5.74, 6) is -0.00711. The first kappa shape index (κ1) is 15.1. The zero-order valence-corrected chi connectivity index (χ0v) is 12.8. The van der Waals surface area contributed by atoms with Crippen molar-refractivity contribution in [3.63, 3.8) is 0 Å². The van der Waals surface area contributed by atoms with Crippen LogP contribution in [0.15, 0.2) is 18.2 Å². The predicted octanol–water partition coefficient (Wildman–Crippen LogP) is 3.12. The maximum atomic E-state index is 12.1. The molecule has 1 aromatic rings. The maximum absolute atomic E-state index is 12.1. The molecule has 1 saturated heterocycles. The van der Waals surface area contributed by atoms with Crippen molar-refractivity contribution in [3.05, 3.63) is 23.2 Å². The van der Waals surface area contributed by atoms with E-state index in [-0.39, 0.29) is 5.91 Å². The number of nitrogens with zero attached hydrogens (tertiary/aromatic N) is 1. The minimum absolute atomic E-state index is 0.00711. The van der Waals surface area contributed by atoms with Gasteiger partial charge in [-0.1, -0.05) is 18.0 Å². The zero-order valence-electron chi connectivity index (χ0n) is 12.0. The molecule has 2 atom stereocenters. The lowest BCUT2D eigenvalue weighted by atomic mass is 9.97. The lowest BCUT2D eigenvalue weighted by Crippen LogP contribution is -2.47. The fourth-order valence-corrected chi connectivity index (χ4v) is 2.89. The van der Waals surface area contributed by atoms with E-state index in [4.69, 9.17) is 17.3 Å². The van der Waals surface area contributed by atoms with Crippen LogP contribution in [0, 0.1) is 0 Å². The molecule has 2 rings (SSSR count). The number of carbonyl (C=O) groups is 1. The lowest BCUT2D eigenvalue weighted by Gasteiger charge is -2.38. The van der Waals surface area contributed by atoms with Crippen LogP contribution in [0.25, 0.3) is 0 Å². The average molecular weight is 296 g/mol. The largest absolute Gasteiger partial charge is 0.397 e. The monoisotopic (exact) mass is 295 g/mol. The van der Waals surface area contributed by atoms with Crippen LogP contribution < -0.4 is 11.1 Å². The molecule has 4 nitrogen and oxygen atoms in total. The van der Waals surface area contributed by atoms with Crippen molar-refractivity contribution in [3.8, 4) is 0 Å². The molecule has 0 unspecified atom stereocenters. The summed E-state index contributed by atoms with van der Waals surface area (Å²) >= 11 is 5.87. The van der Waals surface area contributed by atoms with Gasteiger partial charge in [0.15, 0.2) is 0 Å². The number of anilines is 2. The van der Waals surface area contributed by atoms with Crippen LogP contribution in [0.4, 0.5) is 11.4 Å². The first-order valence-electron chi connectivity index (χ1n) is 7.08. The molecule has 0 radical (unpaired) electrons. The molecule has 20 heavy (non-hydrogen) atoms. The van der Waals surface area contributed by atoms with E-state index in [0.717, 1.165) is 12.8 Å². The van der Waals surface area contributed by atoms with Gasteiger partial charge in [-0.15, -0.1) is 0 Å². The third-order valence-electron chi connectivity index (χ3n) is 3.98. The highest BCUT2D eigenvalue weighted by atomic mass is 35.5. The summed E-state index contributed by atoms with van der Waals surface area (Å²) in [6, 6.07) is 6.06. The summed E-state index contributed by atoms with van der Waals surface area (Å²) < 4.78 is 0. The second-order valence-corrected chi connectivity index (χ2v) is 5.99. The van der Waals surface area contributed by atoms with Crippen LogP contribution >= 0.6 is 11.6 Å². The molecule has 0 saturated carbocycles. The zero-order chi connectivity index (χ0) is 14.7. The first-order chi connectivity index (χ1) is 9.47. The first-order valence-corrected chi connectivity index (χ1v) is 7.46. The molecule has 0 spiro atoms. The Kier molecular flexibility index (Phi) is 4.89. The fraction of sp³-hybridized carbons (Fsp3) is 0.533. The molecule has 3 N–H and O–H groups in total. The number of likely N-dealkylation sites (tertiary alicyclic amines) is 1. The summed E-state index contributed by atoms with van der Waals surface area (Å²) in [5, 5.41) is 3.38. The Morgan fingerprint density at radius 2 is 2.05 bits per heavy atom. The second-order valence-electron chi connectivity index (χ2n) is 5.59. The molecule has 0 aliphatic carbocycles. The Hall–Kier alpha value is -1.26. The van der Waals surface area contributed by atoms with Crippen molar-refractivity contribution in [1.29, 1.82) is 0 Å². The van der Waals surface area contributed by atoms with Gasteiger partial charge in [0.1, 0.15) is 0 Å². The van der Waals surface area contributed by atoms with Crippen LogP contribution in [0.3, 0.4) is 0 Å². The summed E-state index contributed by atoms with van der Waals surface area (Å²) in [6.07, 6.45) is 3.56. The van der Waals surface area contributed by atoms with Gasteiger partial charge >= 0.3 is 0 Å². The summed E-state index contributed by atoms with van der Waals surface area (Å²) in [6.45, 7) is 4.79. The van der Waals surface area contributed by atoms with Crippen molar-refractivity contribution in [2.45, 2.75) is 45.2 Å². The molecule has 1 heterocycles. The Bertz CT molecular complexity index is 482. The number of carbonyl (C=O) groups excluding carboxylic acids is 1. The molecule has 5 heteroatoms. The molecule has 0 bridgehead atoms. The summed E-state index contributed by atoms with van der Waals surface area (Å²) in [5.41, 5.74) is 6.90.